The molecule has 2 aromatic carbocycles. The second-order valence-electron chi connectivity index (χ2n) is 5.36. The van der Waals surface area contributed by atoms with E-state index in [1.54, 1.807) is 36.4 Å². The van der Waals surface area contributed by atoms with Crippen molar-refractivity contribution < 1.29 is 13.9 Å². The minimum atomic E-state index is -0.609. The Balaban J connectivity index is 1.78. The number of carbonyl (C=O) groups is 1. The first-order valence-corrected chi connectivity index (χ1v) is 8.20. The van der Waals surface area contributed by atoms with E-state index in [-0.39, 0.29) is 22.6 Å². The predicted molar refractivity (Wildman–Crippen MR) is 97.2 cm³/mol. The van der Waals surface area contributed by atoms with Crippen LogP contribution in [-0.4, -0.2) is 11.9 Å². The molecule has 1 aromatic heterocycles. The Kier molecular flexibility index (Phi) is 3.82. The molecule has 1 aliphatic heterocycles. The fourth-order valence-electron chi connectivity index (χ4n) is 2.49. The average Bonchev–Trinajstić information content (AvgIpc) is 2.98. The Hall–Kier alpha value is -2.99. The number of hydrogen-bond donors (Lipinski definition) is 0. The second kappa shape index (κ2) is 6.14. The zero-order valence-electron chi connectivity index (χ0n) is 12.7. The molecule has 0 spiro atoms. The first-order chi connectivity index (χ1) is 12.1. The van der Waals surface area contributed by atoms with Crippen LogP contribution in [0, 0.1) is 0 Å². The summed E-state index contributed by atoms with van der Waals surface area (Å²) in [4.78, 5) is 28.8. The van der Waals surface area contributed by atoms with Crippen LogP contribution in [-0.2, 0) is 9.53 Å². The molecule has 6 heteroatoms. The molecule has 0 saturated carbocycles. The van der Waals surface area contributed by atoms with Crippen LogP contribution in [0.25, 0.3) is 17.0 Å². The third kappa shape index (κ3) is 2.92. The summed E-state index contributed by atoms with van der Waals surface area (Å²) in [7, 11) is 0. The molecule has 5 nitrogen and oxygen atoms in total. The quantitative estimate of drug-likeness (QED) is 0.487. The first kappa shape index (κ1) is 15.5. The van der Waals surface area contributed by atoms with Gasteiger partial charge in [-0.15, -0.1) is 0 Å². The number of rotatable bonds is 2. The van der Waals surface area contributed by atoms with E-state index in [0.717, 1.165) is 4.47 Å². The molecule has 0 bridgehead atoms. The highest BCUT2D eigenvalue weighted by Gasteiger charge is 2.24. The van der Waals surface area contributed by atoms with Gasteiger partial charge in [-0.25, -0.2) is 9.79 Å². The van der Waals surface area contributed by atoms with E-state index in [1.165, 1.54) is 12.3 Å². The number of ether oxygens (including phenoxy) is 1. The lowest BCUT2D eigenvalue weighted by molar-refractivity contribution is -0.129. The van der Waals surface area contributed by atoms with Crippen molar-refractivity contribution in [1.82, 2.24) is 0 Å². The van der Waals surface area contributed by atoms with Gasteiger partial charge >= 0.3 is 5.97 Å². The maximum atomic E-state index is 12.5. The molecule has 0 unspecified atom stereocenters. The van der Waals surface area contributed by atoms with Crippen molar-refractivity contribution in [1.29, 1.82) is 0 Å². The number of nitrogens with zero attached hydrogens (tertiary/aromatic N) is 1. The molecular weight excluding hydrogens is 386 g/mol. The third-order valence-electron chi connectivity index (χ3n) is 3.69. The Morgan fingerprint density at radius 1 is 1.04 bits per heavy atom. The summed E-state index contributed by atoms with van der Waals surface area (Å²) < 4.78 is 11.5. The van der Waals surface area contributed by atoms with Crippen LogP contribution in [0.5, 0.6) is 0 Å². The maximum Gasteiger partial charge on any atom is 0.363 e. The second-order valence-corrected chi connectivity index (χ2v) is 6.28. The van der Waals surface area contributed by atoms with Crippen molar-refractivity contribution in [3.63, 3.8) is 0 Å². The lowest BCUT2D eigenvalue weighted by atomic mass is 10.1. The third-order valence-corrected chi connectivity index (χ3v) is 4.18. The number of aliphatic imine (C=N–C) groups is 1. The fraction of sp³-hybridized carbons (Fsp3) is 0. The molecule has 1 aliphatic rings. The Labute approximate surface area is 150 Å². The highest BCUT2D eigenvalue weighted by atomic mass is 79.9. The summed E-state index contributed by atoms with van der Waals surface area (Å²) in [5, 5.41) is 0.444. The van der Waals surface area contributed by atoms with Crippen molar-refractivity contribution >= 4 is 44.8 Å². The average molecular weight is 396 g/mol. The predicted octanol–water partition coefficient (Wildman–Crippen LogP) is 3.90. The van der Waals surface area contributed by atoms with Crippen molar-refractivity contribution in [3.05, 3.63) is 86.3 Å². The van der Waals surface area contributed by atoms with E-state index in [2.05, 4.69) is 20.9 Å². The smallest absolute Gasteiger partial charge is 0.363 e. The minimum Gasteiger partial charge on any atom is -0.463 e. The monoisotopic (exact) mass is 395 g/mol. The van der Waals surface area contributed by atoms with Crippen LogP contribution in [0.1, 0.15) is 11.1 Å². The van der Waals surface area contributed by atoms with Crippen molar-refractivity contribution in [3.8, 4) is 0 Å². The van der Waals surface area contributed by atoms with Crippen LogP contribution in [0.2, 0.25) is 0 Å². The maximum absolute atomic E-state index is 12.5. The molecule has 4 rings (SSSR count). The number of carbonyl (C=O) groups excluding carboxylic acids is 1. The number of esters is 1. The molecule has 3 aromatic rings. The van der Waals surface area contributed by atoms with Gasteiger partial charge in [0.2, 0.25) is 5.90 Å². The summed E-state index contributed by atoms with van der Waals surface area (Å²) in [6, 6.07) is 14.2. The first-order valence-electron chi connectivity index (χ1n) is 7.41. The molecule has 0 aliphatic carbocycles. The summed E-state index contributed by atoms with van der Waals surface area (Å²) in [5.41, 5.74) is 1.22. The molecule has 0 saturated heterocycles. The van der Waals surface area contributed by atoms with Crippen LogP contribution in [0.4, 0.5) is 0 Å². The number of benzene rings is 2. The van der Waals surface area contributed by atoms with Gasteiger partial charge in [0, 0.05) is 10.0 Å². The fourth-order valence-corrected chi connectivity index (χ4v) is 2.89. The molecule has 0 fully saturated rings. The summed E-state index contributed by atoms with van der Waals surface area (Å²) in [5.74, 6) is -0.412. The van der Waals surface area contributed by atoms with Gasteiger partial charge in [-0.1, -0.05) is 34.1 Å². The molecule has 0 N–H and O–H groups in total. The lowest BCUT2D eigenvalue weighted by Gasteiger charge is -1.99. The van der Waals surface area contributed by atoms with Crippen LogP contribution in [0.3, 0.4) is 0 Å². The zero-order valence-corrected chi connectivity index (χ0v) is 14.3. The molecule has 0 amide bonds. The number of cyclic esters (lactones) is 1. The van der Waals surface area contributed by atoms with Gasteiger partial charge in [-0.05, 0) is 36.4 Å². The van der Waals surface area contributed by atoms with Crippen molar-refractivity contribution in [2.24, 2.45) is 4.99 Å². The highest BCUT2D eigenvalue weighted by molar-refractivity contribution is 9.10. The largest absolute Gasteiger partial charge is 0.463 e. The van der Waals surface area contributed by atoms with Crippen LogP contribution in [0.15, 0.2) is 79.2 Å². The molecular formula is C19H10BrNO4. The molecule has 2 heterocycles. The van der Waals surface area contributed by atoms with E-state index in [9.17, 15) is 9.59 Å². The van der Waals surface area contributed by atoms with E-state index >= 15 is 0 Å². The summed E-state index contributed by atoms with van der Waals surface area (Å²) >= 11 is 3.36. The highest BCUT2D eigenvalue weighted by Crippen LogP contribution is 2.21. The number of para-hydroxylation sites is 1. The van der Waals surface area contributed by atoms with Crippen LogP contribution < -0.4 is 5.43 Å². The van der Waals surface area contributed by atoms with Gasteiger partial charge in [0.1, 0.15) is 11.8 Å². The number of hydrogen-bond acceptors (Lipinski definition) is 5. The van der Waals surface area contributed by atoms with Crippen molar-refractivity contribution in [2.45, 2.75) is 0 Å². The molecule has 0 atom stereocenters. The van der Waals surface area contributed by atoms with Gasteiger partial charge in [-0.3, -0.25) is 4.79 Å². The Bertz CT molecular complexity index is 1130. The molecule has 0 radical (unpaired) electrons. The Morgan fingerprint density at radius 3 is 2.72 bits per heavy atom. The van der Waals surface area contributed by atoms with E-state index in [0.29, 0.717) is 16.5 Å². The standard InChI is InChI=1S/C19H10BrNO4/c20-13-5-3-4-11(8-13)18-21-15(19(23)25-18)9-12-10-24-16-7-2-1-6-14(16)17(12)22/h1-10H/b15-9-. The van der Waals surface area contributed by atoms with E-state index < -0.39 is 5.97 Å². The van der Waals surface area contributed by atoms with Gasteiger partial charge in [0.05, 0.1) is 10.9 Å². The zero-order chi connectivity index (χ0) is 17.4. The Morgan fingerprint density at radius 2 is 1.88 bits per heavy atom. The summed E-state index contributed by atoms with van der Waals surface area (Å²) in [6.07, 6.45) is 2.70. The topological polar surface area (TPSA) is 68.9 Å². The van der Waals surface area contributed by atoms with E-state index in [4.69, 9.17) is 9.15 Å². The van der Waals surface area contributed by atoms with Gasteiger partial charge < -0.3 is 9.15 Å². The minimum absolute atomic E-state index is 0.0533. The van der Waals surface area contributed by atoms with Gasteiger partial charge in [0.15, 0.2) is 11.1 Å². The summed E-state index contributed by atoms with van der Waals surface area (Å²) in [6.45, 7) is 0. The lowest BCUT2D eigenvalue weighted by Crippen LogP contribution is -2.07. The number of halogens is 1. The normalized spacial score (nSPS) is 15.5. The van der Waals surface area contributed by atoms with Crippen molar-refractivity contribution in [2.75, 3.05) is 0 Å². The molecule has 25 heavy (non-hydrogen) atoms. The van der Waals surface area contributed by atoms with Gasteiger partial charge in [-0.2, -0.15) is 0 Å². The molecule has 122 valence electrons. The number of fused-ring (bicyclic) bond motifs is 1. The van der Waals surface area contributed by atoms with Gasteiger partial charge in [0.25, 0.3) is 0 Å². The van der Waals surface area contributed by atoms with Crippen LogP contribution >= 0.6 is 15.9 Å². The SMILES string of the molecule is O=C1OC(c2cccc(Br)c2)=N/C1=C\c1coc2ccccc2c1=O. The van der Waals surface area contributed by atoms with E-state index in [1.807, 2.05) is 12.1 Å².